The van der Waals surface area contributed by atoms with Crippen LogP contribution in [0.3, 0.4) is 0 Å². The number of hydrogen-bond donors (Lipinski definition) is 1. The molecule has 1 N–H and O–H groups in total. The molecular weight excluding hydrogens is 292 g/mol. The average molecular weight is 311 g/mol. The third kappa shape index (κ3) is 3.09. The van der Waals surface area contributed by atoms with Gasteiger partial charge in [-0.2, -0.15) is 0 Å². The standard InChI is InChI=1S/C13H19BrN4/c1-3-5-10(4-2)15-6-11-7-17-13-8-16-12(14)9-18(11)13/h7-10,15H,3-6H2,1-2H3. The van der Waals surface area contributed by atoms with E-state index < -0.39 is 0 Å². The summed E-state index contributed by atoms with van der Waals surface area (Å²) in [7, 11) is 0. The maximum atomic E-state index is 4.35. The first-order valence-corrected chi connectivity index (χ1v) is 7.24. The van der Waals surface area contributed by atoms with Gasteiger partial charge in [-0.1, -0.05) is 20.3 Å². The molecule has 2 aromatic rings. The first kappa shape index (κ1) is 13.5. The van der Waals surface area contributed by atoms with Gasteiger partial charge >= 0.3 is 0 Å². The molecule has 4 nitrogen and oxygen atoms in total. The van der Waals surface area contributed by atoms with Crippen molar-refractivity contribution in [1.29, 1.82) is 0 Å². The van der Waals surface area contributed by atoms with Gasteiger partial charge < -0.3 is 5.32 Å². The maximum absolute atomic E-state index is 4.35. The van der Waals surface area contributed by atoms with Crippen molar-refractivity contribution in [2.45, 2.75) is 45.7 Å². The summed E-state index contributed by atoms with van der Waals surface area (Å²) in [5.41, 5.74) is 2.06. The Morgan fingerprint density at radius 3 is 2.89 bits per heavy atom. The number of halogens is 1. The van der Waals surface area contributed by atoms with Crippen LogP contribution in [0.15, 0.2) is 23.2 Å². The zero-order valence-electron chi connectivity index (χ0n) is 10.9. The monoisotopic (exact) mass is 310 g/mol. The zero-order chi connectivity index (χ0) is 13.0. The molecule has 0 aliphatic rings. The van der Waals surface area contributed by atoms with E-state index in [1.807, 2.05) is 12.4 Å². The van der Waals surface area contributed by atoms with Crippen LogP contribution in [0.5, 0.6) is 0 Å². The highest BCUT2D eigenvalue weighted by Gasteiger charge is 2.07. The van der Waals surface area contributed by atoms with Crippen LogP contribution in [0.4, 0.5) is 0 Å². The van der Waals surface area contributed by atoms with Gasteiger partial charge in [-0.3, -0.25) is 4.40 Å². The quantitative estimate of drug-likeness (QED) is 0.891. The molecule has 0 saturated carbocycles. The fourth-order valence-corrected chi connectivity index (χ4v) is 2.40. The topological polar surface area (TPSA) is 42.2 Å². The van der Waals surface area contributed by atoms with Crippen molar-refractivity contribution in [3.63, 3.8) is 0 Å². The number of nitrogens with zero attached hydrogens (tertiary/aromatic N) is 3. The lowest BCUT2D eigenvalue weighted by molar-refractivity contribution is 0.459. The van der Waals surface area contributed by atoms with E-state index in [0.717, 1.165) is 23.2 Å². The van der Waals surface area contributed by atoms with Crippen molar-refractivity contribution in [3.8, 4) is 0 Å². The minimum Gasteiger partial charge on any atom is -0.308 e. The summed E-state index contributed by atoms with van der Waals surface area (Å²) in [6.07, 6.45) is 9.24. The number of imidazole rings is 1. The number of hydrogen-bond acceptors (Lipinski definition) is 3. The first-order valence-electron chi connectivity index (χ1n) is 6.45. The summed E-state index contributed by atoms with van der Waals surface area (Å²) < 4.78 is 2.90. The molecular formula is C13H19BrN4. The van der Waals surface area contributed by atoms with Crippen molar-refractivity contribution < 1.29 is 0 Å². The number of nitrogens with one attached hydrogen (secondary N) is 1. The Morgan fingerprint density at radius 1 is 1.33 bits per heavy atom. The Balaban J connectivity index is 2.09. The van der Waals surface area contributed by atoms with Crippen LogP contribution in [-0.4, -0.2) is 20.4 Å². The van der Waals surface area contributed by atoms with Crippen LogP contribution in [0.25, 0.3) is 5.65 Å². The van der Waals surface area contributed by atoms with E-state index in [1.54, 1.807) is 6.20 Å². The summed E-state index contributed by atoms with van der Waals surface area (Å²) in [5, 5.41) is 3.59. The average Bonchev–Trinajstić information content (AvgIpc) is 2.77. The summed E-state index contributed by atoms with van der Waals surface area (Å²) >= 11 is 3.39. The number of rotatable bonds is 6. The Morgan fingerprint density at radius 2 is 2.17 bits per heavy atom. The van der Waals surface area contributed by atoms with Gasteiger partial charge in [-0.05, 0) is 28.8 Å². The van der Waals surface area contributed by atoms with Crippen LogP contribution < -0.4 is 5.32 Å². The highest BCUT2D eigenvalue weighted by atomic mass is 79.9. The van der Waals surface area contributed by atoms with E-state index >= 15 is 0 Å². The Bertz CT molecular complexity index is 509. The van der Waals surface area contributed by atoms with E-state index in [1.165, 1.54) is 18.5 Å². The number of fused-ring (bicyclic) bond motifs is 1. The lowest BCUT2D eigenvalue weighted by Crippen LogP contribution is -2.28. The molecule has 2 heterocycles. The summed E-state index contributed by atoms with van der Waals surface area (Å²) in [6, 6.07) is 0.589. The van der Waals surface area contributed by atoms with Gasteiger partial charge in [0.1, 0.15) is 4.60 Å². The maximum Gasteiger partial charge on any atom is 0.155 e. The molecule has 0 bridgehead atoms. The molecule has 5 heteroatoms. The van der Waals surface area contributed by atoms with Gasteiger partial charge in [0.2, 0.25) is 0 Å². The molecule has 0 spiro atoms. The second-order valence-electron chi connectivity index (χ2n) is 4.46. The van der Waals surface area contributed by atoms with Crippen LogP contribution in [0.1, 0.15) is 38.8 Å². The Labute approximate surface area is 116 Å². The second kappa shape index (κ2) is 6.29. The van der Waals surface area contributed by atoms with Crippen molar-refractivity contribution in [3.05, 3.63) is 28.9 Å². The first-order chi connectivity index (χ1) is 8.74. The molecule has 98 valence electrons. The molecule has 0 amide bonds. The van der Waals surface area contributed by atoms with Crippen molar-refractivity contribution in [2.24, 2.45) is 0 Å². The minimum absolute atomic E-state index is 0.589. The SMILES string of the molecule is CCCC(CC)NCc1cnc2cnc(Br)cn12. The molecule has 0 radical (unpaired) electrons. The highest BCUT2D eigenvalue weighted by molar-refractivity contribution is 9.10. The van der Waals surface area contributed by atoms with E-state index in [-0.39, 0.29) is 0 Å². The van der Waals surface area contributed by atoms with Crippen LogP contribution in [0.2, 0.25) is 0 Å². The van der Waals surface area contributed by atoms with Gasteiger partial charge in [-0.25, -0.2) is 9.97 Å². The largest absolute Gasteiger partial charge is 0.308 e. The van der Waals surface area contributed by atoms with E-state index in [9.17, 15) is 0 Å². The number of aromatic nitrogens is 3. The molecule has 1 atom stereocenters. The summed E-state index contributed by atoms with van der Waals surface area (Å²) in [4.78, 5) is 8.52. The second-order valence-corrected chi connectivity index (χ2v) is 5.27. The smallest absolute Gasteiger partial charge is 0.155 e. The third-order valence-corrected chi connectivity index (χ3v) is 3.55. The van der Waals surface area contributed by atoms with Crippen LogP contribution in [0, 0.1) is 0 Å². The minimum atomic E-state index is 0.589. The van der Waals surface area contributed by atoms with Gasteiger partial charge in [0.25, 0.3) is 0 Å². The van der Waals surface area contributed by atoms with Gasteiger partial charge in [0.15, 0.2) is 5.65 Å². The molecule has 0 saturated heterocycles. The van der Waals surface area contributed by atoms with Gasteiger partial charge in [-0.15, -0.1) is 0 Å². The van der Waals surface area contributed by atoms with E-state index in [0.29, 0.717) is 6.04 Å². The fourth-order valence-electron chi connectivity index (χ4n) is 2.09. The molecule has 2 aromatic heterocycles. The van der Waals surface area contributed by atoms with Crippen molar-refractivity contribution in [1.82, 2.24) is 19.7 Å². The van der Waals surface area contributed by atoms with Crippen molar-refractivity contribution >= 4 is 21.6 Å². The third-order valence-electron chi connectivity index (χ3n) is 3.14. The van der Waals surface area contributed by atoms with Gasteiger partial charge in [0, 0.05) is 18.8 Å². The summed E-state index contributed by atoms with van der Waals surface area (Å²) in [6.45, 7) is 5.29. The van der Waals surface area contributed by atoms with Crippen LogP contribution >= 0.6 is 15.9 Å². The molecule has 0 aromatic carbocycles. The molecule has 18 heavy (non-hydrogen) atoms. The zero-order valence-corrected chi connectivity index (χ0v) is 12.4. The summed E-state index contributed by atoms with van der Waals surface area (Å²) in [5.74, 6) is 0. The lowest BCUT2D eigenvalue weighted by Gasteiger charge is -2.15. The molecule has 0 aliphatic heterocycles. The predicted octanol–water partition coefficient (Wildman–Crippen LogP) is 3.16. The predicted molar refractivity (Wildman–Crippen MR) is 76.5 cm³/mol. The lowest BCUT2D eigenvalue weighted by atomic mass is 10.1. The van der Waals surface area contributed by atoms with Gasteiger partial charge in [0.05, 0.1) is 18.1 Å². The molecule has 1 unspecified atom stereocenters. The highest BCUT2D eigenvalue weighted by Crippen LogP contribution is 2.11. The molecule has 0 aliphatic carbocycles. The fraction of sp³-hybridized carbons (Fsp3) is 0.538. The Hall–Kier alpha value is -0.940. The molecule has 0 fully saturated rings. The Kier molecular flexibility index (Phi) is 4.72. The normalized spacial score (nSPS) is 13.1. The molecule has 2 rings (SSSR count). The van der Waals surface area contributed by atoms with E-state index in [2.05, 4.69) is 49.5 Å². The van der Waals surface area contributed by atoms with E-state index in [4.69, 9.17) is 0 Å². The van der Waals surface area contributed by atoms with Crippen LogP contribution in [-0.2, 0) is 6.54 Å². The van der Waals surface area contributed by atoms with Crippen molar-refractivity contribution in [2.75, 3.05) is 0 Å².